The monoisotopic (exact) mass is 470 g/mol. The molecule has 1 saturated carbocycles. The van der Waals surface area contributed by atoms with Gasteiger partial charge in [-0.05, 0) is 61.5 Å². The zero-order valence-electron chi connectivity index (χ0n) is 20.2. The van der Waals surface area contributed by atoms with Crippen molar-refractivity contribution in [3.8, 4) is 5.75 Å². The van der Waals surface area contributed by atoms with E-state index in [4.69, 9.17) is 9.26 Å². The molecule has 2 unspecified atom stereocenters. The largest absolute Gasteiger partial charge is 0.493 e. The molecule has 5 rings (SSSR count). The van der Waals surface area contributed by atoms with Gasteiger partial charge >= 0.3 is 6.01 Å². The van der Waals surface area contributed by atoms with Crippen molar-refractivity contribution in [2.45, 2.75) is 58.3 Å². The summed E-state index contributed by atoms with van der Waals surface area (Å²) in [5.41, 5.74) is 0.443. The third-order valence-corrected chi connectivity index (χ3v) is 7.67. The van der Waals surface area contributed by atoms with E-state index < -0.39 is 0 Å². The standard InChI is InChI=1S/C26H35FN4O3/c1-17(2)25-28-26(34-29-25)31-11-6-18(7-12-31)22-14-19(22)8-13-33-21-5-4-20(23(27)16-21)15-24(32)30-9-3-10-30/h4-5,16-19,22H,3,6-15H2,1-2H3. The summed E-state index contributed by atoms with van der Waals surface area (Å²) < 4.78 is 25.7. The lowest BCUT2D eigenvalue weighted by Crippen LogP contribution is -2.42. The average Bonchev–Trinajstić information content (AvgIpc) is 3.37. The molecule has 0 spiro atoms. The van der Waals surface area contributed by atoms with E-state index in [1.54, 1.807) is 17.0 Å². The number of halogens is 1. The SMILES string of the molecule is CC(C)c1noc(N2CCC(C3CC3CCOc3ccc(CC(=O)N4CCC4)c(F)c3)CC2)n1. The van der Waals surface area contributed by atoms with Gasteiger partial charge in [0, 0.05) is 38.2 Å². The molecule has 2 saturated heterocycles. The molecule has 0 bridgehead atoms. The number of likely N-dealkylation sites (tertiary alicyclic amines) is 1. The van der Waals surface area contributed by atoms with Gasteiger partial charge in [-0.2, -0.15) is 4.98 Å². The first-order valence-electron chi connectivity index (χ1n) is 12.8. The van der Waals surface area contributed by atoms with Crippen LogP contribution in [-0.2, 0) is 11.2 Å². The fourth-order valence-corrected chi connectivity index (χ4v) is 5.22. The molecule has 1 amide bonds. The van der Waals surface area contributed by atoms with Gasteiger partial charge in [-0.25, -0.2) is 4.39 Å². The highest BCUT2D eigenvalue weighted by Gasteiger charge is 2.43. The van der Waals surface area contributed by atoms with E-state index in [0.29, 0.717) is 29.9 Å². The lowest BCUT2D eigenvalue weighted by Gasteiger charge is -2.31. The molecular weight excluding hydrogens is 435 g/mol. The second kappa shape index (κ2) is 9.92. The number of benzene rings is 1. The van der Waals surface area contributed by atoms with Gasteiger partial charge in [-0.1, -0.05) is 25.1 Å². The highest BCUT2D eigenvalue weighted by molar-refractivity contribution is 5.79. The number of aromatic nitrogens is 2. The van der Waals surface area contributed by atoms with E-state index in [-0.39, 0.29) is 24.1 Å². The predicted octanol–water partition coefficient (Wildman–Crippen LogP) is 4.43. The minimum absolute atomic E-state index is 0.00169. The Morgan fingerprint density at radius 1 is 1.24 bits per heavy atom. The van der Waals surface area contributed by atoms with Crippen LogP contribution in [0.15, 0.2) is 22.7 Å². The number of nitrogens with zero attached hydrogens (tertiary/aromatic N) is 4. The molecule has 34 heavy (non-hydrogen) atoms. The van der Waals surface area contributed by atoms with Gasteiger partial charge in [0.05, 0.1) is 13.0 Å². The molecule has 2 atom stereocenters. The van der Waals surface area contributed by atoms with Gasteiger partial charge in [-0.15, -0.1) is 0 Å². The van der Waals surface area contributed by atoms with Gasteiger partial charge in [0.1, 0.15) is 11.6 Å². The third-order valence-electron chi connectivity index (χ3n) is 7.67. The first-order chi connectivity index (χ1) is 16.5. The maximum absolute atomic E-state index is 14.4. The number of rotatable bonds is 9. The number of hydrogen-bond acceptors (Lipinski definition) is 6. The molecule has 1 aliphatic carbocycles. The molecule has 3 heterocycles. The average molecular weight is 471 g/mol. The molecule has 1 aromatic carbocycles. The predicted molar refractivity (Wildman–Crippen MR) is 126 cm³/mol. The highest BCUT2D eigenvalue weighted by atomic mass is 19.1. The number of hydrogen-bond donors (Lipinski definition) is 0. The number of piperidine rings is 1. The number of carbonyl (C=O) groups is 1. The summed E-state index contributed by atoms with van der Waals surface area (Å²) in [6.07, 6.45) is 5.75. The van der Waals surface area contributed by atoms with E-state index in [0.717, 1.165) is 69.5 Å². The van der Waals surface area contributed by atoms with Crippen molar-refractivity contribution >= 4 is 11.9 Å². The van der Waals surface area contributed by atoms with Crippen molar-refractivity contribution in [2.75, 3.05) is 37.7 Å². The van der Waals surface area contributed by atoms with E-state index >= 15 is 0 Å². The fourth-order valence-electron chi connectivity index (χ4n) is 5.22. The maximum Gasteiger partial charge on any atom is 0.324 e. The summed E-state index contributed by atoms with van der Waals surface area (Å²) in [6.45, 7) is 8.26. The topological polar surface area (TPSA) is 71.7 Å². The molecule has 184 valence electrons. The van der Waals surface area contributed by atoms with Gasteiger partial charge < -0.3 is 19.1 Å². The number of carbonyl (C=O) groups excluding carboxylic acids is 1. The minimum Gasteiger partial charge on any atom is -0.493 e. The van der Waals surface area contributed by atoms with Gasteiger partial charge in [0.2, 0.25) is 5.91 Å². The van der Waals surface area contributed by atoms with Crippen LogP contribution in [0.25, 0.3) is 0 Å². The van der Waals surface area contributed by atoms with Crippen molar-refractivity contribution in [1.29, 1.82) is 0 Å². The Labute approximate surface area is 200 Å². The smallest absolute Gasteiger partial charge is 0.324 e. The van der Waals surface area contributed by atoms with E-state index in [2.05, 4.69) is 28.9 Å². The number of amides is 1. The quantitative estimate of drug-likeness (QED) is 0.540. The van der Waals surface area contributed by atoms with Gasteiger partial charge in [0.25, 0.3) is 0 Å². The number of ether oxygens (including phenoxy) is 1. The fraction of sp³-hybridized carbons (Fsp3) is 0.654. The van der Waals surface area contributed by atoms with Crippen LogP contribution >= 0.6 is 0 Å². The maximum atomic E-state index is 14.4. The van der Waals surface area contributed by atoms with Gasteiger partial charge in [0.15, 0.2) is 5.82 Å². The van der Waals surface area contributed by atoms with Crippen molar-refractivity contribution < 1.29 is 18.4 Å². The summed E-state index contributed by atoms with van der Waals surface area (Å²) in [5, 5.41) is 4.08. The van der Waals surface area contributed by atoms with Crippen LogP contribution in [0.1, 0.15) is 63.3 Å². The normalized spacial score (nSPS) is 22.7. The van der Waals surface area contributed by atoms with Crippen LogP contribution < -0.4 is 9.64 Å². The lowest BCUT2D eigenvalue weighted by molar-refractivity contribution is -0.133. The Hall–Kier alpha value is -2.64. The second-order valence-corrected chi connectivity index (χ2v) is 10.4. The molecule has 7 nitrogen and oxygen atoms in total. The second-order valence-electron chi connectivity index (χ2n) is 10.4. The van der Waals surface area contributed by atoms with E-state index in [1.807, 2.05) is 0 Å². The summed E-state index contributed by atoms with van der Waals surface area (Å²) >= 11 is 0. The Kier molecular flexibility index (Phi) is 6.75. The molecule has 2 aromatic rings. The zero-order chi connectivity index (χ0) is 23.7. The summed E-state index contributed by atoms with van der Waals surface area (Å²) in [5.74, 6) is 3.45. The Morgan fingerprint density at radius 3 is 2.68 bits per heavy atom. The van der Waals surface area contributed by atoms with Crippen LogP contribution in [0.5, 0.6) is 5.75 Å². The third kappa shape index (κ3) is 5.20. The molecular formula is C26H35FN4O3. The zero-order valence-corrected chi connectivity index (χ0v) is 20.2. The molecule has 2 aliphatic heterocycles. The molecule has 8 heteroatoms. The van der Waals surface area contributed by atoms with Crippen molar-refractivity contribution in [3.63, 3.8) is 0 Å². The number of anilines is 1. The summed E-state index contributed by atoms with van der Waals surface area (Å²) in [6, 6.07) is 5.54. The first kappa shape index (κ1) is 23.1. The Balaban J connectivity index is 1.02. The molecule has 3 aliphatic rings. The molecule has 0 N–H and O–H groups in total. The molecule has 3 fully saturated rings. The Bertz CT molecular complexity index is 998. The van der Waals surface area contributed by atoms with Crippen LogP contribution in [0.3, 0.4) is 0 Å². The van der Waals surface area contributed by atoms with Gasteiger partial charge in [-0.3, -0.25) is 4.79 Å². The van der Waals surface area contributed by atoms with Crippen molar-refractivity contribution in [2.24, 2.45) is 17.8 Å². The highest BCUT2D eigenvalue weighted by Crippen LogP contribution is 2.50. The lowest BCUT2D eigenvalue weighted by atomic mass is 9.90. The van der Waals surface area contributed by atoms with Crippen LogP contribution in [-0.4, -0.2) is 53.7 Å². The molecule has 0 radical (unpaired) electrons. The summed E-state index contributed by atoms with van der Waals surface area (Å²) in [7, 11) is 0. The molecule has 1 aromatic heterocycles. The van der Waals surface area contributed by atoms with Crippen LogP contribution in [0.4, 0.5) is 10.4 Å². The van der Waals surface area contributed by atoms with Crippen LogP contribution in [0.2, 0.25) is 0 Å². The van der Waals surface area contributed by atoms with Crippen LogP contribution in [0, 0.1) is 23.6 Å². The van der Waals surface area contributed by atoms with E-state index in [1.165, 1.54) is 12.5 Å². The van der Waals surface area contributed by atoms with E-state index in [9.17, 15) is 9.18 Å². The van der Waals surface area contributed by atoms with Crippen molar-refractivity contribution in [3.05, 3.63) is 35.4 Å². The van der Waals surface area contributed by atoms with Crippen molar-refractivity contribution in [1.82, 2.24) is 15.0 Å². The first-order valence-corrected chi connectivity index (χ1v) is 12.8. The minimum atomic E-state index is -0.357. The summed E-state index contributed by atoms with van der Waals surface area (Å²) in [4.78, 5) is 20.6. The Morgan fingerprint density at radius 2 is 2.03 bits per heavy atom.